The zero-order valence-corrected chi connectivity index (χ0v) is 19.4. The van der Waals surface area contributed by atoms with Crippen LogP contribution in [0.15, 0.2) is 0 Å². The Bertz CT molecular complexity index is 913. The molecule has 0 spiro atoms. The van der Waals surface area contributed by atoms with Crippen molar-refractivity contribution in [3.8, 4) is 0 Å². The third kappa shape index (κ3) is 5.18. The van der Waals surface area contributed by atoms with Crippen LogP contribution in [0.3, 0.4) is 0 Å². The third-order valence-electron chi connectivity index (χ3n) is 4.45. The topological polar surface area (TPSA) is 26.3 Å². The van der Waals surface area contributed by atoms with Gasteiger partial charge in [0.15, 0.2) is 6.61 Å². The van der Waals surface area contributed by atoms with E-state index in [4.69, 9.17) is 0 Å². The maximum Gasteiger partial charge on any atom is 0.460 e. The van der Waals surface area contributed by atoms with Gasteiger partial charge in [0.2, 0.25) is 0 Å². The standard InChI is InChI=1S/C15H8BrF21O2/c1-5(2,16)4(38)39-3-6(17,18)7(19,20)8(21,22)9(23,24)10(25,26)11(27,28)12(29,30)13(31,32)14(33,34)15(35,36)37/h3H2,1-2H3. The quantitative estimate of drug-likeness (QED) is 0.124. The van der Waals surface area contributed by atoms with Crippen LogP contribution in [0.1, 0.15) is 13.8 Å². The highest BCUT2D eigenvalue weighted by Crippen LogP contribution is 2.66. The minimum absolute atomic E-state index is 0.704. The van der Waals surface area contributed by atoms with Crippen LogP contribution in [-0.4, -0.2) is 76.4 Å². The van der Waals surface area contributed by atoms with E-state index in [0.717, 1.165) is 0 Å². The number of carbonyl (C=O) groups excluding carboxylic acids is 1. The van der Waals surface area contributed by atoms with E-state index in [1.807, 2.05) is 0 Å². The highest BCUT2D eigenvalue weighted by Gasteiger charge is 2.97. The first kappa shape index (κ1) is 37.5. The van der Waals surface area contributed by atoms with Crippen LogP contribution < -0.4 is 0 Å². The summed E-state index contributed by atoms with van der Waals surface area (Å²) in [6.07, 6.45) is -8.03. The fraction of sp³-hybridized carbons (Fsp3) is 0.933. The van der Waals surface area contributed by atoms with E-state index in [9.17, 15) is 97.0 Å². The second kappa shape index (κ2) is 9.51. The molecule has 0 unspecified atom stereocenters. The molecular weight excluding hydrogens is 691 g/mol. The van der Waals surface area contributed by atoms with Gasteiger partial charge in [0.1, 0.15) is 4.32 Å². The van der Waals surface area contributed by atoms with Crippen LogP contribution >= 0.6 is 15.9 Å². The summed E-state index contributed by atoms with van der Waals surface area (Å²) in [4.78, 5) is 11.2. The average Bonchev–Trinajstić information content (AvgIpc) is 2.69. The first-order valence-electron chi connectivity index (χ1n) is 8.71. The van der Waals surface area contributed by atoms with Crippen LogP contribution in [0.4, 0.5) is 92.2 Å². The Hall–Kier alpha value is -1.52. The van der Waals surface area contributed by atoms with Gasteiger partial charge in [-0.15, -0.1) is 0 Å². The summed E-state index contributed by atoms with van der Waals surface area (Å²) in [5.41, 5.74) is 0. The van der Waals surface area contributed by atoms with Gasteiger partial charge in [-0.3, -0.25) is 4.79 Å². The predicted octanol–water partition coefficient (Wildman–Crippen LogP) is 7.98. The summed E-state index contributed by atoms with van der Waals surface area (Å²) in [5, 5.41) is 0. The van der Waals surface area contributed by atoms with E-state index < -0.39 is 76.4 Å². The molecule has 0 atom stereocenters. The fourth-order valence-electron chi connectivity index (χ4n) is 2.01. The van der Waals surface area contributed by atoms with Crippen molar-refractivity contribution >= 4 is 21.9 Å². The summed E-state index contributed by atoms with van der Waals surface area (Å²) in [6, 6.07) is 0. The number of hydrogen-bond acceptors (Lipinski definition) is 2. The molecule has 0 aliphatic carbocycles. The molecule has 0 bridgehead atoms. The molecule has 0 fully saturated rings. The van der Waals surface area contributed by atoms with Crippen molar-refractivity contribution in [2.75, 3.05) is 6.61 Å². The number of alkyl halides is 22. The van der Waals surface area contributed by atoms with Crippen molar-refractivity contribution in [1.29, 1.82) is 0 Å². The van der Waals surface area contributed by atoms with E-state index in [-0.39, 0.29) is 0 Å². The number of ether oxygens (including phenoxy) is 1. The molecule has 24 heteroatoms. The predicted molar refractivity (Wildman–Crippen MR) is 84.5 cm³/mol. The smallest absolute Gasteiger partial charge is 0.458 e. The largest absolute Gasteiger partial charge is 0.460 e. The number of rotatable bonds is 11. The molecule has 0 heterocycles. The van der Waals surface area contributed by atoms with Gasteiger partial charge in [0.05, 0.1) is 0 Å². The first-order chi connectivity index (χ1) is 16.4. The minimum Gasteiger partial charge on any atom is -0.458 e. The van der Waals surface area contributed by atoms with Crippen LogP contribution in [0, 0.1) is 0 Å². The van der Waals surface area contributed by atoms with E-state index in [1.165, 1.54) is 0 Å². The maximum atomic E-state index is 13.7. The Kier molecular flexibility index (Phi) is 9.14. The average molecular weight is 699 g/mol. The molecule has 2 nitrogen and oxygen atoms in total. The molecule has 0 aromatic heterocycles. The van der Waals surface area contributed by atoms with Gasteiger partial charge >= 0.3 is 65.4 Å². The molecule has 0 aliphatic heterocycles. The Labute approximate surface area is 208 Å². The summed E-state index contributed by atoms with van der Waals surface area (Å²) in [6.45, 7) is -2.03. The van der Waals surface area contributed by atoms with Gasteiger partial charge in [0, 0.05) is 0 Å². The Morgan fingerprint density at radius 1 is 0.487 bits per heavy atom. The summed E-state index contributed by atoms with van der Waals surface area (Å²) in [5.74, 6) is -80.0. The fourth-order valence-corrected chi connectivity index (χ4v) is 2.12. The number of hydrogen-bond donors (Lipinski definition) is 0. The van der Waals surface area contributed by atoms with Crippen molar-refractivity contribution < 1.29 is 102 Å². The van der Waals surface area contributed by atoms with E-state index in [1.54, 1.807) is 0 Å². The molecule has 0 saturated heterocycles. The minimum atomic E-state index is -9.23. The van der Waals surface area contributed by atoms with E-state index in [0.29, 0.717) is 13.8 Å². The van der Waals surface area contributed by atoms with Gasteiger partial charge in [-0.05, 0) is 13.8 Å². The summed E-state index contributed by atoms with van der Waals surface area (Å²) >= 11 is 2.33. The molecule has 234 valence electrons. The van der Waals surface area contributed by atoms with Crippen LogP contribution in [0.5, 0.6) is 0 Å². The molecular formula is C15H8BrF21O2. The zero-order chi connectivity index (χ0) is 32.5. The Balaban J connectivity index is 6.90. The number of carbonyl (C=O) groups is 1. The normalized spacial score (nSPS) is 16.4. The van der Waals surface area contributed by atoms with Gasteiger partial charge in [-0.1, -0.05) is 15.9 Å². The first-order valence-corrected chi connectivity index (χ1v) is 9.50. The summed E-state index contributed by atoms with van der Waals surface area (Å²) in [7, 11) is 0. The van der Waals surface area contributed by atoms with Crippen molar-refractivity contribution in [2.45, 2.75) is 77.7 Å². The Morgan fingerprint density at radius 3 is 0.949 bits per heavy atom. The SMILES string of the molecule is CC(C)(Br)C(=O)OCC(F)(F)C(F)(F)C(F)(F)C(F)(F)C(F)(F)C(F)(F)C(F)(F)C(F)(F)C(F)(F)C(F)(F)F. The maximum absolute atomic E-state index is 13.7. The van der Waals surface area contributed by atoms with Crippen LogP contribution in [-0.2, 0) is 9.53 Å². The molecule has 0 amide bonds. The lowest BCUT2D eigenvalue weighted by Gasteiger charge is -2.44. The number of halogens is 22. The lowest BCUT2D eigenvalue weighted by Crippen LogP contribution is -2.77. The van der Waals surface area contributed by atoms with Gasteiger partial charge < -0.3 is 4.74 Å². The van der Waals surface area contributed by atoms with Crippen LogP contribution in [0.2, 0.25) is 0 Å². The lowest BCUT2D eigenvalue weighted by molar-refractivity contribution is -0.474. The molecule has 0 aromatic carbocycles. The van der Waals surface area contributed by atoms with Crippen molar-refractivity contribution in [1.82, 2.24) is 0 Å². The molecule has 39 heavy (non-hydrogen) atoms. The van der Waals surface area contributed by atoms with Crippen molar-refractivity contribution in [3.63, 3.8) is 0 Å². The third-order valence-corrected chi connectivity index (χ3v) is 4.77. The Morgan fingerprint density at radius 2 is 0.718 bits per heavy atom. The second-order valence-corrected chi connectivity index (χ2v) is 9.83. The molecule has 0 N–H and O–H groups in total. The van der Waals surface area contributed by atoms with Gasteiger partial charge in [0.25, 0.3) is 0 Å². The molecule has 0 rings (SSSR count). The summed E-state index contributed by atoms with van der Waals surface area (Å²) < 4.78 is 279. The molecule has 0 aromatic rings. The molecule has 0 radical (unpaired) electrons. The lowest BCUT2D eigenvalue weighted by atomic mass is 9.86. The van der Waals surface area contributed by atoms with Crippen molar-refractivity contribution in [2.24, 2.45) is 0 Å². The number of esters is 1. The van der Waals surface area contributed by atoms with E-state index >= 15 is 0 Å². The van der Waals surface area contributed by atoms with Gasteiger partial charge in [-0.25, -0.2) is 0 Å². The molecule has 0 saturated carbocycles. The highest BCUT2D eigenvalue weighted by molar-refractivity contribution is 9.10. The second-order valence-electron chi connectivity index (χ2n) is 7.85. The van der Waals surface area contributed by atoms with Gasteiger partial charge in [-0.2, -0.15) is 92.2 Å². The van der Waals surface area contributed by atoms with Crippen molar-refractivity contribution in [3.05, 3.63) is 0 Å². The monoisotopic (exact) mass is 698 g/mol. The highest BCUT2D eigenvalue weighted by atomic mass is 79.9. The zero-order valence-electron chi connectivity index (χ0n) is 17.8. The van der Waals surface area contributed by atoms with E-state index in [2.05, 4.69) is 20.7 Å². The van der Waals surface area contributed by atoms with Crippen LogP contribution in [0.25, 0.3) is 0 Å². The molecule has 0 aliphatic rings.